The van der Waals surface area contributed by atoms with Crippen LogP contribution in [0.25, 0.3) is 0 Å². The number of ketones is 1. The first-order chi connectivity index (χ1) is 10.1. The number of aliphatic hydroxyl groups is 1. The topological polar surface area (TPSA) is 74.6 Å². The molecule has 0 aliphatic rings. The molecule has 0 saturated carbocycles. The lowest BCUT2D eigenvalue weighted by Crippen LogP contribution is -2.04. The molecule has 0 aliphatic carbocycles. The first-order valence-electron chi connectivity index (χ1n) is 6.37. The van der Waals surface area contributed by atoms with Crippen LogP contribution in [0.15, 0.2) is 66.4 Å². The van der Waals surface area contributed by atoms with Crippen molar-refractivity contribution in [3.8, 4) is 0 Å². The minimum Gasteiger partial charge on any atom is -0.502 e. The molecule has 0 heterocycles. The zero-order valence-electron chi connectivity index (χ0n) is 11.2. The molecule has 2 N–H and O–H groups in total. The highest BCUT2D eigenvalue weighted by Crippen LogP contribution is 2.11. The van der Waals surface area contributed by atoms with Gasteiger partial charge in [0.2, 0.25) is 5.76 Å². The van der Waals surface area contributed by atoms with Crippen molar-refractivity contribution < 1.29 is 19.8 Å². The second-order valence-electron chi connectivity index (χ2n) is 4.56. The van der Waals surface area contributed by atoms with Crippen LogP contribution in [0.4, 0.5) is 0 Å². The number of hydrogen-bond donors (Lipinski definition) is 2. The summed E-state index contributed by atoms with van der Waals surface area (Å²) < 4.78 is 0. The molecule has 0 amide bonds. The molecule has 0 radical (unpaired) electrons. The molecule has 0 aromatic heterocycles. The molecule has 2 aromatic carbocycles. The Morgan fingerprint density at radius 3 is 2.00 bits per heavy atom. The van der Waals surface area contributed by atoms with E-state index in [0.29, 0.717) is 11.6 Å². The van der Waals surface area contributed by atoms with Crippen molar-refractivity contribution in [1.82, 2.24) is 0 Å². The van der Waals surface area contributed by atoms with Crippen LogP contribution in [0.5, 0.6) is 0 Å². The maximum Gasteiger partial charge on any atom is 0.371 e. The van der Waals surface area contributed by atoms with Crippen LogP contribution in [0.1, 0.15) is 21.5 Å². The van der Waals surface area contributed by atoms with E-state index in [-0.39, 0.29) is 0 Å². The molecule has 0 aliphatic heterocycles. The molecule has 0 fully saturated rings. The number of carboxylic acid groups (broad SMARTS) is 1. The Hall–Kier alpha value is -2.88. The van der Waals surface area contributed by atoms with Crippen LogP contribution < -0.4 is 0 Å². The van der Waals surface area contributed by atoms with Crippen LogP contribution in [0, 0.1) is 0 Å². The average molecular weight is 282 g/mol. The normalized spacial score (nSPS) is 11.1. The molecule has 0 spiro atoms. The third kappa shape index (κ3) is 4.04. The van der Waals surface area contributed by atoms with E-state index in [1.165, 1.54) is 5.56 Å². The van der Waals surface area contributed by atoms with E-state index in [9.17, 15) is 9.59 Å². The van der Waals surface area contributed by atoms with Gasteiger partial charge in [-0.25, -0.2) is 4.79 Å². The zero-order chi connectivity index (χ0) is 15.2. The zero-order valence-corrected chi connectivity index (χ0v) is 11.2. The number of carbonyl (C=O) groups excluding carboxylic acids is 1. The summed E-state index contributed by atoms with van der Waals surface area (Å²) in [5.74, 6) is -3.03. The quantitative estimate of drug-likeness (QED) is 0.502. The monoisotopic (exact) mass is 282 g/mol. The second-order valence-corrected chi connectivity index (χ2v) is 4.56. The highest BCUT2D eigenvalue weighted by Gasteiger charge is 2.09. The van der Waals surface area contributed by atoms with Crippen molar-refractivity contribution in [1.29, 1.82) is 0 Å². The number of hydrogen-bond acceptors (Lipinski definition) is 3. The first-order valence-corrected chi connectivity index (χ1v) is 6.37. The minimum absolute atomic E-state index is 0.333. The van der Waals surface area contributed by atoms with E-state index in [1.54, 1.807) is 12.1 Å². The van der Waals surface area contributed by atoms with Gasteiger partial charge in [-0.2, -0.15) is 0 Å². The average Bonchev–Trinajstić information content (AvgIpc) is 2.48. The Labute approximate surface area is 122 Å². The molecular weight excluding hydrogens is 268 g/mol. The molecule has 21 heavy (non-hydrogen) atoms. The Kier molecular flexibility index (Phi) is 4.51. The van der Waals surface area contributed by atoms with Gasteiger partial charge in [-0.15, -0.1) is 0 Å². The van der Waals surface area contributed by atoms with Crippen molar-refractivity contribution in [3.05, 3.63) is 83.1 Å². The molecule has 2 rings (SSSR count). The van der Waals surface area contributed by atoms with E-state index < -0.39 is 17.5 Å². The van der Waals surface area contributed by atoms with Crippen molar-refractivity contribution in [2.45, 2.75) is 6.42 Å². The van der Waals surface area contributed by atoms with E-state index in [0.717, 1.165) is 12.0 Å². The van der Waals surface area contributed by atoms with Crippen molar-refractivity contribution in [2.75, 3.05) is 0 Å². The lowest BCUT2D eigenvalue weighted by atomic mass is 10.0. The van der Waals surface area contributed by atoms with Crippen LogP contribution >= 0.6 is 0 Å². The fraction of sp³-hybridized carbons (Fsp3) is 0.0588. The molecule has 4 nitrogen and oxygen atoms in total. The standard InChI is InChI=1S/C17H14O4/c18-15(11-16(19)17(20)21)14-8-6-13(7-9-14)10-12-4-2-1-3-5-12/h1-9,11,19H,10H2,(H,20,21)/b16-11-. The number of benzene rings is 2. The highest BCUT2D eigenvalue weighted by atomic mass is 16.4. The molecular formula is C17H14O4. The predicted molar refractivity (Wildman–Crippen MR) is 78.4 cm³/mol. The number of carbonyl (C=O) groups is 2. The van der Waals surface area contributed by atoms with Crippen molar-refractivity contribution >= 4 is 11.8 Å². The van der Waals surface area contributed by atoms with E-state index in [4.69, 9.17) is 10.2 Å². The minimum atomic E-state index is -1.52. The van der Waals surface area contributed by atoms with Crippen LogP contribution in [0.3, 0.4) is 0 Å². The molecule has 0 bridgehead atoms. The van der Waals surface area contributed by atoms with E-state index in [2.05, 4.69) is 0 Å². The molecule has 0 atom stereocenters. The van der Waals surface area contributed by atoms with Gasteiger partial charge in [-0.1, -0.05) is 54.6 Å². The van der Waals surface area contributed by atoms with E-state index in [1.807, 2.05) is 42.5 Å². The summed E-state index contributed by atoms with van der Waals surface area (Å²) >= 11 is 0. The van der Waals surface area contributed by atoms with Gasteiger partial charge in [0.15, 0.2) is 5.78 Å². The van der Waals surface area contributed by atoms with Gasteiger partial charge >= 0.3 is 5.97 Å². The molecule has 4 heteroatoms. The molecule has 106 valence electrons. The number of rotatable bonds is 5. The maximum absolute atomic E-state index is 11.7. The first kappa shape index (κ1) is 14.5. The molecule has 0 saturated heterocycles. The Morgan fingerprint density at radius 2 is 1.43 bits per heavy atom. The smallest absolute Gasteiger partial charge is 0.371 e. The number of aliphatic carboxylic acids is 1. The SMILES string of the molecule is O=C(O)/C(O)=C/C(=O)c1ccc(Cc2ccccc2)cc1. The number of allylic oxidation sites excluding steroid dienone is 1. The Balaban J connectivity index is 2.10. The van der Waals surface area contributed by atoms with Gasteiger partial charge in [0, 0.05) is 11.6 Å². The molecule has 2 aromatic rings. The highest BCUT2D eigenvalue weighted by molar-refractivity contribution is 6.07. The fourth-order valence-corrected chi connectivity index (χ4v) is 1.89. The summed E-state index contributed by atoms with van der Waals surface area (Å²) in [6.07, 6.45) is 1.46. The van der Waals surface area contributed by atoms with Gasteiger partial charge in [0.25, 0.3) is 0 Å². The summed E-state index contributed by atoms with van der Waals surface area (Å²) in [5.41, 5.74) is 2.55. The van der Waals surface area contributed by atoms with Gasteiger partial charge < -0.3 is 10.2 Å². The van der Waals surface area contributed by atoms with Gasteiger partial charge in [0.1, 0.15) is 0 Å². The molecule has 0 unspecified atom stereocenters. The largest absolute Gasteiger partial charge is 0.502 e. The lowest BCUT2D eigenvalue weighted by Gasteiger charge is -2.03. The summed E-state index contributed by atoms with van der Waals surface area (Å²) in [5, 5.41) is 17.6. The third-order valence-electron chi connectivity index (χ3n) is 2.98. The Morgan fingerprint density at radius 1 is 0.857 bits per heavy atom. The maximum atomic E-state index is 11.7. The van der Waals surface area contributed by atoms with Crippen LogP contribution in [0.2, 0.25) is 0 Å². The summed E-state index contributed by atoms with van der Waals surface area (Å²) in [7, 11) is 0. The number of aliphatic hydroxyl groups excluding tert-OH is 1. The summed E-state index contributed by atoms with van der Waals surface area (Å²) in [6.45, 7) is 0. The van der Waals surface area contributed by atoms with E-state index >= 15 is 0 Å². The second kappa shape index (κ2) is 6.52. The number of carboxylic acids is 1. The van der Waals surface area contributed by atoms with Gasteiger partial charge in [0.05, 0.1) is 0 Å². The third-order valence-corrected chi connectivity index (χ3v) is 2.98. The van der Waals surface area contributed by atoms with Crippen LogP contribution in [-0.4, -0.2) is 22.0 Å². The van der Waals surface area contributed by atoms with Crippen molar-refractivity contribution in [3.63, 3.8) is 0 Å². The Bertz CT molecular complexity index is 670. The fourth-order valence-electron chi connectivity index (χ4n) is 1.89. The summed E-state index contributed by atoms with van der Waals surface area (Å²) in [4.78, 5) is 22.2. The lowest BCUT2D eigenvalue weighted by molar-refractivity contribution is -0.135. The van der Waals surface area contributed by atoms with Crippen LogP contribution in [-0.2, 0) is 11.2 Å². The summed E-state index contributed by atoms with van der Waals surface area (Å²) in [6, 6.07) is 16.8. The predicted octanol–water partition coefficient (Wildman–Crippen LogP) is 2.99. The van der Waals surface area contributed by atoms with Gasteiger partial charge in [-0.05, 0) is 17.5 Å². The van der Waals surface area contributed by atoms with Gasteiger partial charge in [-0.3, -0.25) is 4.79 Å². The van der Waals surface area contributed by atoms with Crippen molar-refractivity contribution in [2.24, 2.45) is 0 Å².